The lowest BCUT2D eigenvalue weighted by molar-refractivity contribution is 0.667. The van der Waals surface area contributed by atoms with Gasteiger partial charge in [-0.2, -0.15) is 0 Å². The largest absolute Gasteiger partial charge is 0.0654 e. The summed E-state index contributed by atoms with van der Waals surface area (Å²) in [5.41, 5.74) is 6.95. The van der Waals surface area contributed by atoms with Crippen LogP contribution in [0.3, 0.4) is 0 Å². The third-order valence-electron chi connectivity index (χ3n) is 6.37. The molecular formula is C35H34. The summed E-state index contributed by atoms with van der Waals surface area (Å²) < 4.78 is 0. The normalized spacial score (nSPS) is 10.3. The first kappa shape index (κ1) is 24.4. The van der Waals surface area contributed by atoms with Crippen LogP contribution in [0.2, 0.25) is 0 Å². The SMILES string of the molecule is CCCCCCc1ccc(C#Cc2ccc(C#Cc3ccc(CCC)cc3)c3ccccc23)cc1. The Morgan fingerprint density at radius 1 is 0.457 bits per heavy atom. The van der Waals surface area contributed by atoms with Crippen LogP contribution in [0.25, 0.3) is 10.8 Å². The standard InChI is InChI=1S/C35H34/c1-3-5-6-7-11-29-16-20-31(21-17-29)23-25-33-27-26-32(34-12-8-9-13-35(33)34)24-22-30-18-14-28(10-4-2)15-19-30/h8-9,12-21,26-27H,3-7,10-11H2,1-2H3. The lowest BCUT2D eigenvalue weighted by Gasteiger charge is -2.04. The van der Waals surface area contributed by atoms with Gasteiger partial charge in [0.15, 0.2) is 0 Å². The molecule has 0 unspecified atom stereocenters. The molecule has 0 saturated carbocycles. The molecule has 0 N–H and O–H groups in total. The Morgan fingerprint density at radius 3 is 1.46 bits per heavy atom. The van der Waals surface area contributed by atoms with E-state index >= 15 is 0 Å². The zero-order chi connectivity index (χ0) is 24.3. The van der Waals surface area contributed by atoms with Gasteiger partial charge in [-0.1, -0.05) is 112 Å². The molecule has 0 fully saturated rings. The second-order valence-electron chi connectivity index (χ2n) is 9.16. The maximum absolute atomic E-state index is 3.40. The van der Waals surface area contributed by atoms with Gasteiger partial charge in [-0.15, -0.1) is 0 Å². The van der Waals surface area contributed by atoms with E-state index in [1.807, 2.05) is 0 Å². The fourth-order valence-electron chi connectivity index (χ4n) is 4.35. The van der Waals surface area contributed by atoms with E-state index in [0.29, 0.717) is 0 Å². The molecule has 4 rings (SSSR count). The summed E-state index contributed by atoms with van der Waals surface area (Å²) in [4.78, 5) is 0. The van der Waals surface area contributed by atoms with Crippen molar-refractivity contribution in [2.75, 3.05) is 0 Å². The quantitative estimate of drug-likeness (QED) is 0.193. The number of aryl methyl sites for hydroxylation is 2. The van der Waals surface area contributed by atoms with Crippen LogP contribution in [0.4, 0.5) is 0 Å². The second-order valence-corrected chi connectivity index (χ2v) is 9.16. The molecule has 0 radical (unpaired) electrons. The Morgan fingerprint density at radius 2 is 0.971 bits per heavy atom. The lowest BCUT2D eigenvalue weighted by atomic mass is 9.99. The Hall–Kier alpha value is -3.74. The van der Waals surface area contributed by atoms with Crippen LogP contribution >= 0.6 is 0 Å². The van der Waals surface area contributed by atoms with Crippen LogP contribution in [0.5, 0.6) is 0 Å². The first-order valence-electron chi connectivity index (χ1n) is 13.0. The highest BCUT2D eigenvalue weighted by Gasteiger charge is 2.03. The van der Waals surface area contributed by atoms with E-state index in [9.17, 15) is 0 Å². The highest BCUT2D eigenvalue weighted by molar-refractivity contribution is 5.93. The average molecular weight is 455 g/mol. The summed E-state index contributed by atoms with van der Waals surface area (Å²) in [5.74, 6) is 13.5. The molecule has 0 aliphatic carbocycles. The minimum Gasteiger partial charge on any atom is -0.0654 e. The van der Waals surface area contributed by atoms with E-state index in [0.717, 1.165) is 52.3 Å². The van der Waals surface area contributed by atoms with Gasteiger partial charge in [0, 0.05) is 22.3 Å². The average Bonchev–Trinajstić information content (AvgIpc) is 2.91. The summed E-state index contributed by atoms with van der Waals surface area (Å²) in [6.45, 7) is 4.46. The summed E-state index contributed by atoms with van der Waals surface area (Å²) in [6, 6.07) is 30.0. The van der Waals surface area contributed by atoms with E-state index in [2.05, 4.69) is 122 Å². The highest BCUT2D eigenvalue weighted by atomic mass is 14.1. The van der Waals surface area contributed by atoms with Crippen molar-refractivity contribution in [3.63, 3.8) is 0 Å². The third kappa shape index (κ3) is 6.88. The van der Waals surface area contributed by atoms with Crippen molar-refractivity contribution in [3.8, 4) is 23.7 Å². The molecule has 0 amide bonds. The number of fused-ring (bicyclic) bond motifs is 1. The van der Waals surface area contributed by atoms with Crippen LogP contribution < -0.4 is 0 Å². The molecule has 0 saturated heterocycles. The Labute approximate surface area is 211 Å². The van der Waals surface area contributed by atoms with Crippen LogP contribution in [0.1, 0.15) is 79.3 Å². The van der Waals surface area contributed by atoms with Crippen molar-refractivity contribution in [2.24, 2.45) is 0 Å². The molecule has 4 aromatic rings. The molecule has 0 bridgehead atoms. The van der Waals surface area contributed by atoms with E-state index in [-0.39, 0.29) is 0 Å². The Bertz CT molecular complexity index is 1360. The van der Waals surface area contributed by atoms with Gasteiger partial charge in [-0.25, -0.2) is 0 Å². The van der Waals surface area contributed by atoms with Crippen LogP contribution in [0.15, 0.2) is 84.9 Å². The van der Waals surface area contributed by atoms with Crippen molar-refractivity contribution in [2.45, 2.75) is 58.8 Å². The van der Waals surface area contributed by atoms with Gasteiger partial charge in [-0.3, -0.25) is 0 Å². The smallest absolute Gasteiger partial charge is 0.0328 e. The number of rotatable bonds is 7. The van der Waals surface area contributed by atoms with Gasteiger partial charge in [0.05, 0.1) is 0 Å². The Kier molecular flexibility index (Phi) is 8.81. The van der Waals surface area contributed by atoms with Crippen LogP contribution in [-0.4, -0.2) is 0 Å². The number of hydrogen-bond donors (Lipinski definition) is 0. The molecule has 0 atom stereocenters. The van der Waals surface area contributed by atoms with Gasteiger partial charge in [0.25, 0.3) is 0 Å². The van der Waals surface area contributed by atoms with Gasteiger partial charge < -0.3 is 0 Å². The summed E-state index contributed by atoms with van der Waals surface area (Å²) in [5, 5.41) is 2.30. The minimum absolute atomic E-state index is 1.04. The molecule has 0 nitrogen and oxygen atoms in total. The molecule has 35 heavy (non-hydrogen) atoms. The number of hydrogen-bond acceptors (Lipinski definition) is 0. The van der Waals surface area contributed by atoms with Gasteiger partial charge >= 0.3 is 0 Å². The molecule has 0 heteroatoms. The number of unbranched alkanes of at least 4 members (excludes halogenated alkanes) is 3. The van der Waals surface area contributed by atoms with E-state index in [1.54, 1.807) is 0 Å². The molecule has 4 aromatic carbocycles. The van der Waals surface area contributed by atoms with Gasteiger partial charge in [-0.05, 0) is 77.6 Å². The molecule has 0 heterocycles. The van der Waals surface area contributed by atoms with Crippen molar-refractivity contribution in [3.05, 3.63) is 118 Å². The zero-order valence-electron chi connectivity index (χ0n) is 21.0. The molecule has 0 aliphatic heterocycles. The molecule has 0 aromatic heterocycles. The maximum Gasteiger partial charge on any atom is 0.0328 e. The van der Waals surface area contributed by atoms with Crippen molar-refractivity contribution >= 4 is 10.8 Å². The third-order valence-corrected chi connectivity index (χ3v) is 6.37. The fraction of sp³-hybridized carbons (Fsp3) is 0.257. The minimum atomic E-state index is 1.04. The topological polar surface area (TPSA) is 0 Å². The lowest BCUT2D eigenvalue weighted by Crippen LogP contribution is -1.87. The summed E-state index contributed by atoms with van der Waals surface area (Å²) in [6.07, 6.45) is 8.63. The molecule has 0 spiro atoms. The highest BCUT2D eigenvalue weighted by Crippen LogP contribution is 2.22. The summed E-state index contributed by atoms with van der Waals surface area (Å²) in [7, 11) is 0. The van der Waals surface area contributed by atoms with Crippen molar-refractivity contribution in [1.82, 2.24) is 0 Å². The fourth-order valence-corrected chi connectivity index (χ4v) is 4.35. The van der Waals surface area contributed by atoms with Crippen LogP contribution in [0, 0.1) is 23.7 Å². The first-order valence-corrected chi connectivity index (χ1v) is 13.0. The Balaban J connectivity index is 1.53. The van der Waals surface area contributed by atoms with Crippen LogP contribution in [-0.2, 0) is 12.8 Å². The predicted octanol–water partition coefficient (Wildman–Crippen LogP) is 8.71. The second kappa shape index (κ2) is 12.6. The monoisotopic (exact) mass is 454 g/mol. The van der Waals surface area contributed by atoms with E-state index in [4.69, 9.17) is 0 Å². The maximum atomic E-state index is 3.40. The molecular weight excluding hydrogens is 420 g/mol. The van der Waals surface area contributed by atoms with E-state index < -0.39 is 0 Å². The van der Waals surface area contributed by atoms with Gasteiger partial charge in [0.1, 0.15) is 0 Å². The molecule has 0 aliphatic rings. The van der Waals surface area contributed by atoms with E-state index in [1.165, 1.54) is 36.8 Å². The first-order chi connectivity index (χ1) is 17.3. The zero-order valence-corrected chi connectivity index (χ0v) is 21.0. The predicted molar refractivity (Wildman–Crippen MR) is 151 cm³/mol. The van der Waals surface area contributed by atoms with Crippen molar-refractivity contribution < 1.29 is 0 Å². The molecule has 174 valence electrons. The summed E-state index contributed by atoms with van der Waals surface area (Å²) >= 11 is 0. The number of benzene rings is 4. The van der Waals surface area contributed by atoms with Crippen molar-refractivity contribution in [1.29, 1.82) is 0 Å². The van der Waals surface area contributed by atoms with Gasteiger partial charge in [0.2, 0.25) is 0 Å².